The first-order chi connectivity index (χ1) is 12.4. The van der Waals surface area contributed by atoms with Crippen LogP contribution in [0.2, 0.25) is 0 Å². The number of benzene rings is 2. The second-order valence-corrected chi connectivity index (χ2v) is 6.14. The van der Waals surface area contributed by atoms with Crippen LogP contribution in [0.3, 0.4) is 0 Å². The van der Waals surface area contributed by atoms with Gasteiger partial charge in [-0.2, -0.15) is 0 Å². The number of carbonyl (C=O) groups is 1. The van der Waals surface area contributed by atoms with Crippen LogP contribution in [0.4, 0.5) is 11.4 Å². The van der Waals surface area contributed by atoms with Crippen LogP contribution in [0.25, 0.3) is 0 Å². The van der Waals surface area contributed by atoms with Gasteiger partial charge in [-0.05, 0) is 43.3 Å². The van der Waals surface area contributed by atoms with E-state index in [1.54, 1.807) is 20.1 Å². The van der Waals surface area contributed by atoms with E-state index in [4.69, 9.17) is 4.74 Å². The number of methoxy groups -OCH3 is 1. The van der Waals surface area contributed by atoms with Crippen molar-refractivity contribution in [3.63, 3.8) is 0 Å². The number of nitrogens with zero attached hydrogens (tertiary/aromatic N) is 2. The molecule has 26 heavy (non-hydrogen) atoms. The molecule has 7 heteroatoms. The van der Waals surface area contributed by atoms with E-state index >= 15 is 0 Å². The molecular weight excluding hydrogens is 334 g/mol. The van der Waals surface area contributed by atoms with Gasteiger partial charge in [0.2, 0.25) is 5.91 Å². The SMILES string of the molecule is COc1cccc(CN(C)CCC(=O)Nc2ccc([N+](=O)[O-])cc2C)c1. The lowest BCUT2D eigenvalue weighted by molar-refractivity contribution is -0.384. The second kappa shape index (κ2) is 8.96. The Hall–Kier alpha value is -2.93. The number of nitro benzene ring substituents is 1. The maximum absolute atomic E-state index is 12.1. The van der Waals surface area contributed by atoms with E-state index in [0.717, 1.165) is 11.3 Å². The summed E-state index contributed by atoms with van der Waals surface area (Å²) in [7, 11) is 3.58. The quantitative estimate of drug-likeness (QED) is 0.578. The molecular formula is C19H23N3O4. The molecule has 0 heterocycles. The highest BCUT2D eigenvalue weighted by Crippen LogP contribution is 2.21. The molecule has 0 atom stereocenters. The number of nitro groups is 1. The number of ether oxygens (including phenoxy) is 1. The van der Waals surface area contributed by atoms with Crippen molar-refractivity contribution < 1.29 is 14.5 Å². The summed E-state index contributed by atoms with van der Waals surface area (Å²) in [5.74, 6) is 0.682. The third kappa shape index (κ3) is 5.56. The number of hydrogen-bond acceptors (Lipinski definition) is 5. The molecule has 7 nitrogen and oxygen atoms in total. The summed E-state index contributed by atoms with van der Waals surface area (Å²) in [5, 5.41) is 13.6. The van der Waals surface area contributed by atoms with Crippen molar-refractivity contribution in [2.75, 3.05) is 26.0 Å². The largest absolute Gasteiger partial charge is 0.497 e. The maximum atomic E-state index is 12.1. The van der Waals surface area contributed by atoms with Crippen LogP contribution in [0, 0.1) is 17.0 Å². The normalized spacial score (nSPS) is 10.6. The number of amides is 1. The molecule has 0 saturated carbocycles. The van der Waals surface area contributed by atoms with E-state index < -0.39 is 4.92 Å². The van der Waals surface area contributed by atoms with Gasteiger partial charge in [0.25, 0.3) is 5.69 Å². The first-order valence-corrected chi connectivity index (χ1v) is 8.25. The van der Waals surface area contributed by atoms with Gasteiger partial charge in [0.1, 0.15) is 5.75 Å². The number of rotatable bonds is 8. The lowest BCUT2D eigenvalue weighted by atomic mass is 10.1. The minimum atomic E-state index is -0.452. The van der Waals surface area contributed by atoms with Gasteiger partial charge < -0.3 is 15.0 Å². The van der Waals surface area contributed by atoms with Crippen molar-refractivity contribution in [3.8, 4) is 5.75 Å². The van der Waals surface area contributed by atoms with Crippen molar-refractivity contribution in [1.29, 1.82) is 0 Å². The van der Waals surface area contributed by atoms with Gasteiger partial charge in [-0.3, -0.25) is 14.9 Å². The average molecular weight is 357 g/mol. The molecule has 0 unspecified atom stereocenters. The summed E-state index contributed by atoms with van der Waals surface area (Å²) in [4.78, 5) is 24.5. The van der Waals surface area contributed by atoms with Gasteiger partial charge in [0.15, 0.2) is 0 Å². The molecule has 1 amide bonds. The minimum absolute atomic E-state index is 0.0125. The summed E-state index contributed by atoms with van der Waals surface area (Å²) in [6, 6.07) is 12.2. The summed E-state index contributed by atoms with van der Waals surface area (Å²) in [5.41, 5.74) is 2.38. The Morgan fingerprint density at radius 1 is 1.27 bits per heavy atom. The molecule has 0 aromatic heterocycles. The lowest BCUT2D eigenvalue weighted by Crippen LogP contribution is -2.24. The van der Waals surface area contributed by atoms with Crippen LogP contribution < -0.4 is 10.1 Å². The fourth-order valence-electron chi connectivity index (χ4n) is 2.57. The van der Waals surface area contributed by atoms with Gasteiger partial charge in [0.05, 0.1) is 12.0 Å². The van der Waals surface area contributed by atoms with Crippen molar-refractivity contribution in [2.24, 2.45) is 0 Å². The van der Waals surface area contributed by atoms with Crippen LogP contribution in [0.1, 0.15) is 17.5 Å². The fourth-order valence-corrected chi connectivity index (χ4v) is 2.57. The highest BCUT2D eigenvalue weighted by Gasteiger charge is 2.11. The Morgan fingerprint density at radius 3 is 2.69 bits per heavy atom. The van der Waals surface area contributed by atoms with Gasteiger partial charge in [-0.15, -0.1) is 0 Å². The molecule has 0 aliphatic heterocycles. The molecule has 0 aliphatic rings. The molecule has 1 N–H and O–H groups in total. The predicted molar refractivity (Wildman–Crippen MR) is 100 cm³/mol. The Bertz CT molecular complexity index is 792. The Morgan fingerprint density at radius 2 is 2.04 bits per heavy atom. The van der Waals surface area contributed by atoms with Gasteiger partial charge in [0, 0.05) is 37.3 Å². The second-order valence-electron chi connectivity index (χ2n) is 6.14. The molecule has 0 saturated heterocycles. The highest BCUT2D eigenvalue weighted by molar-refractivity contribution is 5.91. The van der Waals surface area contributed by atoms with E-state index in [0.29, 0.717) is 30.8 Å². The predicted octanol–water partition coefficient (Wildman–Crippen LogP) is 3.37. The number of nitrogens with one attached hydrogen (secondary N) is 1. The molecule has 0 bridgehead atoms. The topological polar surface area (TPSA) is 84.7 Å². The summed E-state index contributed by atoms with van der Waals surface area (Å²) in [6.07, 6.45) is 0.330. The van der Waals surface area contributed by atoms with E-state index in [1.807, 2.05) is 31.3 Å². The van der Waals surface area contributed by atoms with Crippen LogP contribution in [-0.4, -0.2) is 36.4 Å². The third-order valence-electron chi connectivity index (χ3n) is 4.00. The minimum Gasteiger partial charge on any atom is -0.497 e. The first-order valence-electron chi connectivity index (χ1n) is 8.25. The van der Waals surface area contributed by atoms with Crippen LogP contribution >= 0.6 is 0 Å². The molecule has 2 rings (SSSR count). The standard InChI is InChI=1S/C19H23N3O4/c1-14-11-16(22(24)25)7-8-18(14)20-19(23)9-10-21(2)13-15-5-4-6-17(12-15)26-3/h4-8,11-12H,9-10,13H2,1-3H3,(H,20,23). The molecule has 0 aliphatic carbocycles. The monoisotopic (exact) mass is 357 g/mol. The molecule has 0 fully saturated rings. The number of anilines is 1. The van der Waals surface area contributed by atoms with E-state index in [2.05, 4.69) is 10.2 Å². The molecule has 0 spiro atoms. The van der Waals surface area contributed by atoms with E-state index in [1.165, 1.54) is 12.1 Å². The summed E-state index contributed by atoms with van der Waals surface area (Å²) >= 11 is 0. The summed E-state index contributed by atoms with van der Waals surface area (Å²) in [6.45, 7) is 3.04. The number of carbonyl (C=O) groups excluding carboxylic acids is 1. The van der Waals surface area contributed by atoms with Crippen LogP contribution in [-0.2, 0) is 11.3 Å². The molecule has 2 aromatic carbocycles. The Balaban J connectivity index is 1.85. The highest BCUT2D eigenvalue weighted by atomic mass is 16.6. The van der Waals surface area contributed by atoms with Crippen molar-refractivity contribution in [2.45, 2.75) is 19.9 Å². The molecule has 0 radical (unpaired) electrons. The van der Waals surface area contributed by atoms with E-state index in [9.17, 15) is 14.9 Å². The Labute approximate surface area is 152 Å². The molecule has 2 aromatic rings. The Kier molecular flexibility index (Phi) is 6.68. The van der Waals surface area contributed by atoms with Crippen molar-refractivity contribution in [1.82, 2.24) is 4.90 Å². The van der Waals surface area contributed by atoms with Crippen LogP contribution in [0.15, 0.2) is 42.5 Å². The summed E-state index contributed by atoms with van der Waals surface area (Å²) < 4.78 is 5.21. The van der Waals surface area contributed by atoms with Gasteiger partial charge in [-0.25, -0.2) is 0 Å². The number of aryl methyl sites for hydroxylation is 1. The zero-order chi connectivity index (χ0) is 19.1. The zero-order valence-electron chi connectivity index (χ0n) is 15.2. The molecule has 138 valence electrons. The third-order valence-corrected chi connectivity index (χ3v) is 4.00. The van der Waals surface area contributed by atoms with E-state index in [-0.39, 0.29) is 11.6 Å². The van der Waals surface area contributed by atoms with Gasteiger partial charge >= 0.3 is 0 Å². The van der Waals surface area contributed by atoms with Crippen molar-refractivity contribution >= 4 is 17.3 Å². The smallest absolute Gasteiger partial charge is 0.269 e. The fraction of sp³-hybridized carbons (Fsp3) is 0.316. The zero-order valence-corrected chi connectivity index (χ0v) is 15.2. The first kappa shape index (κ1) is 19.4. The van der Waals surface area contributed by atoms with Gasteiger partial charge in [-0.1, -0.05) is 12.1 Å². The van der Waals surface area contributed by atoms with Crippen LogP contribution in [0.5, 0.6) is 5.75 Å². The number of non-ortho nitro benzene ring substituents is 1. The number of hydrogen-bond donors (Lipinski definition) is 1. The lowest BCUT2D eigenvalue weighted by Gasteiger charge is -2.17. The van der Waals surface area contributed by atoms with Crippen molar-refractivity contribution in [3.05, 3.63) is 63.7 Å². The maximum Gasteiger partial charge on any atom is 0.269 e. The average Bonchev–Trinajstić information content (AvgIpc) is 2.61.